The molecule has 0 bridgehead atoms. The van der Waals surface area contributed by atoms with Crippen LogP contribution in [0, 0.1) is 3.57 Å². The second-order valence-electron chi connectivity index (χ2n) is 2.02. The van der Waals surface area contributed by atoms with E-state index in [2.05, 4.69) is 39.5 Å². The van der Waals surface area contributed by atoms with Crippen LogP contribution in [0.3, 0.4) is 0 Å². The van der Waals surface area contributed by atoms with Crippen molar-refractivity contribution < 1.29 is 0 Å². The van der Waals surface area contributed by atoms with Gasteiger partial charge in [-0.05, 0) is 34.8 Å². The predicted octanol–water partition coefficient (Wildman–Crippen LogP) is 2.58. The van der Waals surface area contributed by atoms with Crippen LogP contribution in [0.25, 0.3) is 0 Å². The van der Waals surface area contributed by atoms with Crippen LogP contribution in [0.5, 0.6) is 0 Å². The monoisotopic (exact) mass is 280 g/mol. The van der Waals surface area contributed by atoms with Gasteiger partial charge in [0.2, 0.25) is 0 Å². The molecule has 1 aromatic heterocycles. The van der Waals surface area contributed by atoms with Crippen molar-refractivity contribution in [2.24, 2.45) is 0 Å². The largest absolute Gasteiger partial charge is 0.244 e. The van der Waals surface area contributed by atoms with Crippen LogP contribution < -0.4 is 0 Å². The molecule has 2 nitrogen and oxygen atoms in total. The maximum absolute atomic E-state index is 4.16. The summed E-state index contributed by atoms with van der Waals surface area (Å²) in [4.78, 5) is 8.08. The highest BCUT2D eigenvalue weighted by atomic mass is 127. The van der Waals surface area contributed by atoms with Gasteiger partial charge >= 0.3 is 0 Å². The first-order valence-electron chi connectivity index (χ1n) is 3.43. The molecular formula is C7H9IN2S. The summed E-state index contributed by atoms with van der Waals surface area (Å²) in [5, 5.41) is 1.10. The number of rotatable bonds is 3. The van der Waals surface area contributed by atoms with Gasteiger partial charge in [-0.3, -0.25) is 0 Å². The van der Waals surface area contributed by atoms with Crippen LogP contribution in [-0.2, 0) is 0 Å². The normalized spacial score (nSPS) is 10.0. The molecule has 0 aliphatic heterocycles. The average molecular weight is 280 g/mol. The van der Waals surface area contributed by atoms with E-state index in [4.69, 9.17) is 0 Å². The second-order valence-corrected chi connectivity index (χ2v) is 4.27. The molecule has 11 heavy (non-hydrogen) atoms. The molecule has 0 aliphatic rings. The third kappa shape index (κ3) is 2.94. The highest BCUT2D eigenvalue weighted by molar-refractivity contribution is 14.1. The molecule has 60 valence electrons. The van der Waals surface area contributed by atoms with Gasteiger partial charge in [-0.2, -0.15) is 0 Å². The second kappa shape index (κ2) is 4.92. The fraction of sp³-hybridized carbons (Fsp3) is 0.429. The smallest absolute Gasteiger partial charge is 0.116 e. The van der Waals surface area contributed by atoms with E-state index in [0.29, 0.717) is 0 Å². The van der Waals surface area contributed by atoms with E-state index in [1.54, 1.807) is 18.1 Å². The summed E-state index contributed by atoms with van der Waals surface area (Å²) >= 11 is 4.04. The number of hydrogen-bond donors (Lipinski definition) is 0. The minimum absolute atomic E-state index is 1.10. The van der Waals surface area contributed by atoms with Crippen LogP contribution in [0.4, 0.5) is 0 Å². The van der Waals surface area contributed by atoms with Crippen molar-refractivity contribution in [2.75, 3.05) is 5.75 Å². The van der Waals surface area contributed by atoms with Crippen LogP contribution in [0.15, 0.2) is 17.6 Å². The van der Waals surface area contributed by atoms with Gasteiger partial charge in [0.05, 0.1) is 3.57 Å². The number of nitrogens with zero attached hydrogens (tertiary/aromatic N) is 2. The molecule has 1 rings (SSSR count). The Bertz CT molecular complexity index is 229. The molecule has 0 fully saturated rings. The van der Waals surface area contributed by atoms with Gasteiger partial charge in [0.1, 0.15) is 11.4 Å². The van der Waals surface area contributed by atoms with E-state index in [0.717, 1.165) is 14.3 Å². The molecule has 0 aromatic carbocycles. The zero-order chi connectivity index (χ0) is 8.10. The lowest BCUT2D eigenvalue weighted by Crippen LogP contribution is -1.87. The van der Waals surface area contributed by atoms with Crippen LogP contribution >= 0.6 is 34.4 Å². The molecule has 0 N–H and O–H groups in total. The first kappa shape index (κ1) is 9.25. The zero-order valence-electron chi connectivity index (χ0n) is 6.25. The summed E-state index contributed by atoms with van der Waals surface area (Å²) in [5.74, 6) is 1.13. The maximum atomic E-state index is 4.16. The molecule has 1 aromatic rings. The standard InChI is InChI=1S/C7H9IN2S/c1-2-3-11-7-6(8)4-9-5-10-7/h4-5H,2-3H2,1H3. The van der Waals surface area contributed by atoms with Gasteiger partial charge < -0.3 is 0 Å². The summed E-state index contributed by atoms with van der Waals surface area (Å²) in [6.07, 6.45) is 4.62. The van der Waals surface area contributed by atoms with Crippen molar-refractivity contribution in [3.8, 4) is 0 Å². The van der Waals surface area contributed by atoms with Crippen molar-refractivity contribution in [3.63, 3.8) is 0 Å². The summed E-state index contributed by atoms with van der Waals surface area (Å²) in [5.41, 5.74) is 0. The number of halogens is 1. The number of thioether (sulfide) groups is 1. The molecular weight excluding hydrogens is 271 g/mol. The third-order valence-corrected chi connectivity index (χ3v) is 3.44. The summed E-state index contributed by atoms with van der Waals surface area (Å²) in [6, 6.07) is 0. The molecule has 0 saturated carbocycles. The quantitative estimate of drug-likeness (QED) is 0.483. The average Bonchev–Trinajstić information content (AvgIpc) is 2.03. The number of hydrogen-bond acceptors (Lipinski definition) is 3. The molecule has 0 atom stereocenters. The van der Waals surface area contributed by atoms with Crippen LogP contribution in [0.1, 0.15) is 13.3 Å². The SMILES string of the molecule is CCCSc1ncncc1I. The van der Waals surface area contributed by atoms with Crippen molar-refractivity contribution >= 4 is 34.4 Å². The molecule has 0 amide bonds. The molecule has 4 heteroatoms. The van der Waals surface area contributed by atoms with Crippen LogP contribution in [0.2, 0.25) is 0 Å². The molecule has 0 radical (unpaired) electrons. The lowest BCUT2D eigenvalue weighted by atomic mass is 10.6. The Labute approximate surface area is 84.4 Å². The fourth-order valence-electron chi connectivity index (χ4n) is 0.606. The van der Waals surface area contributed by atoms with E-state index in [9.17, 15) is 0 Å². The summed E-state index contributed by atoms with van der Waals surface area (Å²) < 4.78 is 1.14. The van der Waals surface area contributed by atoms with E-state index in [-0.39, 0.29) is 0 Å². The van der Waals surface area contributed by atoms with Gasteiger partial charge in [0.25, 0.3) is 0 Å². The van der Waals surface area contributed by atoms with Crippen molar-refractivity contribution in [2.45, 2.75) is 18.4 Å². The lowest BCUT2D eigenvalue weighted by molar-refractivity contribution is 1.01. The van der Waals surface area contributed by atoms with E-state index in [1.807, 2.05) is 6.20 Å². The number of aromatic nitrogens is 2. The van der Waals surface area contributed by atoms with E-state index >= 15 is 0 Å². The molecule has 0 spiro atoms. The van der Waals surface area contributed by atoms with E-state index < -0.39 is 0 Å². The Morgan fingerprint density at radius 3 is 3.09 bits per heavy atom. The Morgan fingerprint density at radius 2 is 2.45 bits per heavy atom. The first-order valence-corrected chi connectivity index (χ1v) is 5.49. The zero-order valence-corrected chi connectivity index (χ0v) is 9.22. The molecule has 0 saturated heterocycles. The minimum atomic E-state index is 1.10. The maximum Gasteiger partial charge on any atom is 0.116 e. The Balaban J connectivity index is 2.62. The molecule has 0 unspecified atom stereocenters. The van der Waals surface area contributed by atoms with Crippen molar-refractivity contribution in [1.82, 2.24) is 9.97 Å². The van der Waals surface area contributed by atoms with Crippen molar-refractivity contribution in [3.05, 3.63) is 16.1 Å². The third-order valence-electron chi connectivity index (χ3n) is 1.08. The van der Waals surface area contributed by atoms with Gasteiger partial charge in [-0.25, -0.2) is 9.97 Å². The van der Waals surface area contributed by atoms with Gasteiger partial charge in [-0.1, -0.05) is 6.92 Å². The Morgan fingerprint density at radius 1 is 1.64 bits per heavy atom. The first-order chi connectivity index (χ1) is 5.34. The molecule has 0 aliphatic carbocycles. The summed E-state index contributed by atoms with van der Waals surface area (Å²) in [7, 11) is 0. The minimum Gasteiger partial charge on any atom is -0.244 e. The van der Waals surface area contributed by atoms with Gasteiger partial charge in [0.15, 0.2) is 0 Å². The highest BCUT2D eigenvalue weighted by Crippen LogP contribution is 2.20. The Kier molecular flexibility index (Phi) is 4.14. The van der Waals surface area contributed by atoms with E-state index in [1.165, 1.54) is 6.42 Å². The topological polar surface area (TPSA) is 25.8 Å². The predicted molar refractivity (Wildman–Crippen MR) is 55.8 cm³/mol. The van der Waals surface area contributed by atoms with Crippen LogP contribution in [-0.4, -0.2) is 15.7 Å². The summed E-state index contributed by atoms with van der Waals surface area (Å²) in [6.45, 7) is 2.17. The highest BCUT2D eigenvalue weighted by Gasteiger charge is 1.98. The fourth-order valence-corrected chi connectivity index (χ4v) is 2.08. The van der Waals surface area contributed by atoms with Crippen molar-refractivity contribution in [1.29, 1.82) is 0 Å². The van der Waals surface area contributed by atoms with Gasteiger partial charge in [0, 0.05) is 6.20 Å². The molecule has 1 heterocycles. The lowest BCUT2D eigenvalue weighted by Gasteiger charge is -1.98. The van der Waals surface area contributed by atoms with Gasteiger partial charge in [-0.15, -0.1) is 11.8 Å². The Hall–Kier alpha value is 0.160.